The first kappa shape index (κ1) is 21.6. The van der Waals surface area contributed by atoms with Gasteiger partial charge in [-0.1, -0.05) is 11.6 Å². The second-order valence-corrected chi connectivity index (χ2v) is 9.23. The normalized spacial score (nSPS) is 17.3. The van der Waals surface area contributed by atoms with Gasteiger partial charge in [0.05, 0.1) is 18.9 Å². The van der Waals surface area contributed by atoms with E-state index in [1.165, 1.54) is 0 Å². The van der Waals surface area contributed by atoms with Crippen molar-refractivity contribution in [3.63, 3.8) is 0 Å². The van der Waals surface area contributed by atoms with Gasteiger partial charge >= 0.3 is 6.09 Å². The van der Waals surface area contributed by atoms with Crippen LogP contribution in [0.2, 0.25) is 5.02 Å². The number of carbonyl (C=O) groups is 1. The molecule has 0 aliphatic carbocycles. The van der Waals surface area contributed by atoms with Gasteiger partial charge < -0.3 is 24.6 Å². The molecule has 2 aliphatic rings. The molecule has 0 saturated carbocycles. The lowest BCUT2D eigenvalue weighted by Crippen LogP contribution is -2.50. The van der Waals surface area contributed by atoms with E-state index in [0.717, 1.165) is 24.5 Å². The van der Waals surface area contributed by atoms with Crippen molar-refractivity contribution < 1.29 is 14.3 Å². The number of rotatable bonds is 4. The van der Waals surface area contributed by atoms with Crippen LogP contribution in [-0.4, -0.2) is 66.0 Å². The molecule has 1 N–H and O–H groups in total. The zero-order chi connectivity index (χ0) is 22.0. The Hall–Kier alpha value is -2.58. The molecule has 4 rings (SSSR count). The maximum Gasteiger partial charge on any atom is 0.410 e. The number of ether oxygens (including phenoxy) is 2. The molecule has 1 aromatic heterocycles. The van der Waals surface area contributed by atoms with Crippen LogP contribution in [0.5, 0.6) is 0 Å². The van der Waals surface area contributed by atoms with E-state index in [4.69, 9.17) is 31.0 Å². The summed E-state index contributed by atoms with van der Waals surface area (Å²) in [6.07, 6.45) is -0.286. The molecule has 2 saturated heterocycles. The van der Waals surface area contributed by atoms with Crippen molar-refractivity contribution >= 4 is 35.1 Å². The van der Waals surface area contributed by atoms with Crippen LogP contribution in [0.3, 0.4) is 0 Å². The Balaban J connectivity index is 1.52. The minimum Gasteiger partial charge on any atom is -0.444 e. The number of morpholine rings is 1. The van der Waals surface area contributed by atoms with Gasteiger partial charge in [0.2, 0.25) is 5.95 Å². The van der Waals surface area contributed by atoms with Crippen molar-refractivity contribution in [3.8, 4) is 0 Å². The second-order valence-electron chi connectivity index (χ2n) is 8.79. The molecule has 0 bridgehead atoms. The number of hydrogen-bond acceptors (Lipinski definition) is 7. The van der Waals surface area contributed by atoms with Gasteiger partial charge in [0.15, 0.2) is 0 Å². The number of aromatic nitrogens is 2. The van der Waals surface area contributed by atoms with Crippen LogP contribution in [0.1, 0.15) is 32.4 Å². The molecule has 166 valence electrons. The van der Waals surface area contributed by atoms with E-state index in [-0.39, 0.29) is 12.0 Å². The van der Waals surface area contributed by atoms with E-state index in [9.17, 15) is 4.79 Å². The Morgan fingerprint density at radius 1 is 1.16 bits per heavy atom. The molecule has 2 fully saturated rings. The summed E-state index contributed by atoms with van der Waals surface area (Å²) >= 11 is 6.00. The van der Waals surface area contributed by atoms with E-state index < -0.39 is 5.60 Å². The number of amides is 1. The summed E-state index contributed by atoms with van der Waals surface area (Å²) in [6.45, 7) is 9.58. The third-order valence-corrected chi connectivity index (χ3v) is 5.35. The number of nitrogens with one attached hydrogen (secondary N) is 1. The molecule has 9 heteroatoms. The molecule has 0 atom stereocenters. The molecule has 8 nitrogen and oxygen atoms in total. The van der Waals surface area contributed by atoms with Crippen molar-refractivity contribution in [1.82, 2.24) is 14.9 Å². The summed E-state index contributed by atoms with van der Waals surface area (Å²) in [6, 6.07) is 9.44. The third-order valence-electron chi connectivity index (χ3n) is 5.10. The van der Waals surface area contributed by atoms with Crippen molar-refractivity contribution in [2.24, 2.45) is 0 Å². The standard InChI is InChI=1S/C22H28ClN5O3/c1-22(2,3)31-21(29)28-13-15(14-28)18-12-19(24-17-6-4-16(23)5-7-17)26-20(25-18)27-8-10-30-11-9-27/h4-7,12,15H,8-11,13-14H2,1-3H3,(H,24,25,26). The molecule has 2 aliphatic heterocycles. The molecule has 0 spiro atoms. The summed E-state index contributed by atoms with van der Waals surface area (Å²) in [4.78, 5) is 25.7. The fraction of sp³-hybridized carbons (Fsp3) is 0.500. The highest BCUT2D eigenvalue weighted by Gasteiger charge is 2.36. The largest absolute Gasteiger partial charge is 0.444 e. The average Bonchev–Trinajstić information content (AvgIpc) is 2.68. The van der Waals surface area contributed by atoms with Gasteiger partial charge in [-0.15, -0.1) is 0 Å². The van der Waals surface area contributed by atoms with Crippen molar-refractivity contribution in [3.05, 3.63) is 41.0 Å². The Morgan fingerprint density at radius 3 is 2.48 bits per heavy atom. The molecular formula is C22H28ClN5O3. The summed E-state index contributed by atoms with van der Waals surface area (Å²) in [5.41, 5.74) is 1.30. The van der Waals surface area contributed by atoms with E-state index in [1.54, 1.807) is 4.90 Å². The van der Waals surface area contributed by atoms with E-state index in [0.29, 0.717) is 43.1 Å². The minimum absolute atomic E-state index is 0.140. The fourth-order valence-electron chi connectivity index (χ4n) is 3.45. The molecule has 0 unspecified atom stereocenters. The predicted octanol–water partition coefficient (Wildman–Crippen LogP) is 4.04. The van der Waals surface area contributed by atoms with Gasteiger partial charge in [-0.3, -0.25) is 0 Å². The quantitative estimate of drug-likeness (QED) is 0.760. The average molecular weight is 446 g/mol. The highest BCUT2D eigenvalue weighted by molar-refractivity contribution is 6.30. The lowest BCUT2D eigenvalue weighted by Gasteiger charge is -2.39. The number of anilines is 3. The van der Waals surface area contributed by atoms with Crippen LogP contribution < -0.4 is 10.2 Å². The van der Waals surface area contributed by atoms with Gasteiger partial charge in [-0.25, -0.2) is 9.78 Å². The second kappa shape index (κ2) is 8.88. The van der Waals surface area contributed by atoms with Crippen LogP contribution >= 0.6 is 11.6 Å². The monoisotopic (exact) mass is 445 g/mol. The van der Waals surface area contributed by atoms with Crippen LogP contribution in [0.15, 0.2) is 30.3 Å². The van der Waals surface area contributed by atoms with Crippen LogP contribution in [0.25, 0.3) is 0 Å². The van der Waals surface area contributed by atoms with Gasteiger partial charge in [0.25, 0.3) is 0 Å². The molecule has 3 heterocycles. The molecule has 0 radical (unpaired) electrons. The molecule has 1 amide bonds. The van der Waals surface area contributed by atoms with Gasteiger partial charge in [0, 0.05) is 48.9 Å². The molecule has 1 aromatic carbocycles. The van der Waals surface area contributed by atoms with Crippen LogP contribution in [0, 0.1) is 0 Å². The van der Waals surface area contributed by atoms with Gasteiger partial charge in [-0.2, -0.15) is 4.98 Å². The lowest BCUT2D eigenvalue weighted by atomic mass is 9.96. The highest BCUT2D eigenvalue weighted by Crippen LogP contribution is 2.30. The fourth-order valence-corrected chi connectivity index (χ4v) is 3.58. The van der Waals surface area contributed by atoms with Crippen molar-refractivity contribution in [2.45, 2.75) is 32.3 Å². The number of likely N-dealkylation sites (tertiary alicyclic amines) is 1. The van der Waals surface area contributed by atoms with Crippen LogP contribution in [0.4, 0.5) is 22.2 Å². The zero-order valence-corrected chi connectivity index (χ0v) is 18.9. The molecular weight excluding hydrogens is 418 g/mol. The Bertz CT molecular complexity index is 920. The highest BCUT2D eigenvalue weighted by atomic mass is 35.5. The lowest BCUT2D eigenvalue weighted by molar-refractivity contribution is 0.00788. The summed E-state index contributed by atoms with van der Waals surface area (Å²) in [7, 11) is 0. The Morgan fingerprint density at radius 2 is 1.84 bits per heavy atom. The number of benzene rings is 1. The first-order valence-electron chi connectivity index (χ1n) is 10.5. The first-order chi connectivity index (χ1) is 14.8. The van der Waals surface area contributed by atoms with Crippen molar-refractivity contribution in [2.75, 3.05) is 49.6 Å². The molecule has 2 aromatic rings. The Labute approximate surface area is 187 Å². The van der Waals surface area contributed by atoms with E-state index >= 15 is 0 Å². The first-order valence-corrected chi connectivity index (χ1v) is 10.9. The number of carbonyl (C=O) groups excluding carboxylic acids is 1. The maximum atomic E-state index is 12.3. The number of nitrogens with zero attached hydrogens (tertiary/aromatic N) is 4. The van der Waals surface area contributed by atoms with Gasteiger partial charge in [-0.05, 0) is 45.0 Å². The Kier molecular flexibility index (Phi) is 6.20. The predicted molar refractivity (Wildman–Crippen MR) is 120 cm³/mol. The molecule has 31 heavy (non-hydrogen) atoms. The number of hydrogen-bond donors (Lipinski definition) is 1. The van der Waals surface area contributed by atoms with E-state index in [2.05, 4.69) is 10.2 Å². The minimum atomic E-state index is -0.504. The van der Waals surface area contributed by atoms with Crippen molar-refractivity contribution in [1.29, 1.82) is 0 Å². The summed E-state index contributed by atoms with van der Waals surface area (Å²) < 4.78 is 10.9. The topological polar surface area (TPSA) is 79.8 Å². The third kappa shape index (κ3) is 5.57. The van der Waals surface area contributed by atoms with Gasteiger partial charge in [0.1, 0.15) is 11.4 Å². The van der Waals surface area contributed by atoms with E-state index in [1.807, 2.05) is 51.1 Å². The van der Waals surface area contributed by atoms with Crippen LogP contribution in [-0.2, 0) is 9.47 Å². The summed E-state index contributed by atoms with van der Waals surface area (Å²) in [5, 5.41) is 4.03. The maximum absolute atomic E-state index is 12.3. The summed E-state index contributed by atoms with van der Waals surface area (Å²) in [5.74, 6) is 1.53. The smallest absolute Gasteiger partial charge is 0.410 e. The SMILES string of the molecule is CC(C)(C)OC(=O)N1CC(c2cc(Nc3ccc(Cl)cc3)nc(N3CCOCC3)n2)C1. The number of halogens is 1. The zero-order valence-electron chi connectivity index (χ0n) is 18.1.